The molecule has 2 bridgehead atoms. The number of carbonyl (C=O) groups excluding carboxylic acids is 1. The Morgan fingerprint density at radius 3 is 2.75 bits per heavy atom. The van der Waals surface area contributed by atoms with E-state index in [1.54, 1.807) is 6.07 Å². The van der Waals surface area contributed by atoms with Crippen LogP contribution in [0, 0.1) is 23.7 Å². The number of hydrogen-bond donors (Lipinski definition) is 2. The van der Waals surface area contributed by atoms with Gasteiger partial charge in [-0.2, -0.15) is 0 Å². The van der Waals surface area contributed by atoms with Gasteiger partial charge in [0.15, 0.2) is 0 Å². The van der Waals surface area contributed by atoms with Gasteiger partial charge < -0.3 is 11.1 Å². The lowest BCUT2D eigenvalue weighted by Gasteiger charge is -2.32. The number of para-hydroxylation sites is 1. The van der Waals surface area contributed by atoms with Gasteiger partial charge in [0.25, 0.3) is 5.91 Å². The molecule has 3 N–H and O–H groups in total. The number of nitrogen functional groups attached to an aromatic ring is 1. The lowest BCUT2D eigenvalue weighted by Crippen LogP contribution is -2.42. The number of hydrogen-bond acceptors (Lipinski definition) is 2. The zero-order chi connectivity index (χ0) is 13.7. The Morgan fingerprint density at radius 1 is 1.10 bits per heavy atom. The van der Waals surface area contributed by atoms with E-state index in [-0.39, 0.29) is 5.91 Å². The Morgan fingerprint density at radius 2 is 1.90 bits per heavy atom. The molecule has 1 aromatic carbocycles. The van der Waals surface area contributed by atoms with Crippen LogP contribution < -0.4 is 11.1 Å². The molecule has 1 aromatic rings. The maximum absolute atomic E-state index is 12.4. The largest absolute Gasteiger partial charge is 0.398 e. The summed E-state index contributed by atoms with van der Waals surface area (Å²) in [5.74, 6) is 3.45. The quantitative estimate of drug-likeness (QED) is 0.812. The zero-order valence-electron chi connectivity index (χ0n) is 11.7. The summed E-state index contributed by atoms with van der Waals surface area (Å²) in [6, 6.07) is 7.73. The summed E-state index contributed by atoms with van der Waals surface area (Å²) in [6.07, 6.45) is 6.73. The number of benzene rings is 1. The minimum atomic E-state index is 0.00944. The van der Waals surface area contributed by atoms with E-state index >= 15 is 0 Å². The number of nitrogens with two attached hydrogens (primary N) is 1. The third kappa shape index (κ3) is 1.75. The fourth-order valence-electron chi connectivity index (χ4n) is 5.18. The second-order valence-corrected chi connectivity index (χ2v) is 6.82. The monoisotopic (exact) mass is 270 g/mol. The normalized spacial score (nSPS) is 37.9. The van der Waals surface area contributed by atoms with E-state index in [0.29, 0.717) is 17.3 Å². The van der Waals surface area contributed by atoms with E-state index in [1.807, 2.05) is 18.2 Å². The molecule has 3 aliphatic rings. The number of carbonyl (C=O) groups is 1. The van der Waals surface area contributed by atoms with Crippen LogP contribution in [0.15, 0.2) is 24.3 Å². The highest BCUT2D eigenvalue weighted by Crippen LogP contribution is 2.58. The van der Waals surface area contributed by atoms with Gasteiger partial charge in [-0.05, 0) is 61.5 Å². The average molecular weight is 270 g/mol. The van der Waals surface area contributed by atoms with E-state index in [4.69, 9.17) is 5.73 Å². The van der Waals surface area contributed by atoms with E-state index in [2.05, 4.69) is 5.32 Å². The smallest absolute Gasteiger partial charge is 0.253 e. The van der Waals surface area contributed by atoms with E-state index in [0.717, 1.165) is 23.7 Å². The van der Waals surface area contributed by atoms with Gasteiger partial charge in [-0.25, -0.2) is 0 Å². The molecule has 0 heterocycles. The van der Waals surface area contributed by atoms with Crippen molar-refractivity contribution in [2.24, 2.45) is 23.7 Å². The van der Waals surface area contributed by atoms with Gasteiger partial charge in [-0.3, -0.25) is 4.79 Å². The minimum Gasteiger partial charge on any atom is -0.398 e. The third-order valence-electron chi connectivity index (χ3n) is 5.95. The molecule has 1 amide bonds. The molecule has 3 saturated carbocycles. The van der Waals surface area contributed by atoms with Crippen LogP contribution in [-0.4, -0.2) is 11.9 Å². The Labute approximate surface area is 119 Å². The molecule has 0 aromatic heterocycles. The van der Waals surface area contributed by atoms with Crippen molar-refractivity contribution in [1.82, 2.24) is 5.32 Å². The van der Waals surface area contributed by atoms with Crippen LogP contribution in [0.3, 0.4) is 0 Å². The second kappa shape index (κ2) is 4.51. The van der Waals surface area contributed by atoms with Crippen LogP contribution in [0.2, 0.25) is 0 Å². The first-order valence-corrected chi connectivity index (χ1v) is 7.89. The molecule has 3 nitrogen and oxygen atoms in total. The van der Waals surface area contributed by atoms with Crippen LogP contribution in [0.25, 0.3) is 0 Å². The summed E-state index contributed by atoms with van der Waals surface area (Å²) >= 11 is 0. The molecular weight excluding hydrogens is 248 g/mol. The number of nitrogens with one attached hydrogen (secondary N) is 1. The Bertz CT molecular complexity index is 542. The standard InChI is InChI=1S/C17H22N2O/c18-15-7-2-1-4-13(15)17(20)19-16-9-10-8-14(16)12-6-3-5-11(10)12/h1-2,4,7,10-12,14,16H,3,5-6,8-9,18H2,(H,19,20). The first kappa shape index (κ1) is 12.2. The predicted octanol–water partition coefficient (Wildman–Crippen LogP) is 2.82. The Kier molecular flexibility index (Phi) is 2.76. The molecule has 106 valence electrons. The molecule has 0 aliphatic heterocycles. The van der Waals surface area contributed by atoms with Gasteiger partial charge in [-0.1, -0.05) is 18.6 Å². The average Bonchev–Trinajstić information content (AvgIpc) is 3.10. The van der Waals surface area contributed by atoms with Crippen LogP contribution in [-0.2, 0) is 0 Å². The molecule has 3 heteroatoms. The number of anilines is 1. The van der Waals surface area contributed by atoms with Crippen molar-refractivity contribution in [2.45, 2.75) is 38.1 Å². The minimum absolute atomic E-state index is 0.00944. The van der Waals surface area contributed by atoms with Gasteiger partial charge in [0.1, 0.15) is 0 Å². The van der Waals surface area contributed by atoms with Crippen LogP contribution in [0.5, 0.6) is 0 Å². The van der Waals surface area contributed by atoms with Crippen molar-refractivity contribution in [3.63, 3.8) is 0 Å². The highest BCUT2D eigenvalue weighted by molar-refractivity contribution is 5.99. The number of rotatable bonds is 2. The summed E-state index contributed by atoms with van der Waals surface area (Å²) in [6.45, 7) is 0. The maximum Gasteiger partial charge on any atom is 0.253 e. The van der Waals surface area contributed by atoms with Gasteiger partial charge in [-0.15, -0.1) is 0 Å². The fraction of sp³-hybridized carbons (Fsp3) is 0.588. The van der Waals surface area contributed by atoms with Gasteiger partial charge in [0.05, 0.1) is 5.56 Å². The van der Waals surface area contributed by atoms with E-state index < -0.39 is 0 Å². The maximum atomic E-state index is 12.4. The van der Waals surface area contributed by atoms with Crippen molar-refractivity contribution in [2.75, 3.05) is 5.73 Å². The van der Waals surface area contributed by atoms with Gasteiger partial charge >= 0.3 is 0 Å². The first-order valence-electron chi connectivity index (χ1n) is 7.89. The molecule has 4 rings (SSSR count). The Balaban J connectivity index is 1.48. The number of amides is 1. The Hall–Kier alpha value is -1.51. The molecular formula is C17H22N2O. The molecule has 20 heavy (non-hydrogen) atoms. The predicted molar refractivity (Wildman–Crippen MR) is 79.2 cm³/mol. The topological polar surface area (TPSA) is 55.1 Å². The highest BCUT2D eigenvalue weighted by Gasteiger charge is 2.54. The van der Waals surface area contributed by atoms with E-state index in [1.165, 1.54) is 32.1 Å². The SMILES string of the molecule is Nc1ccccc1C(=O)NC1CC2CC1C1CCCC21. The van der Waals surface area contributed by atoms with Gasteiger partial charge in [0.2, 0.25) is 0 Å². The summed E-state index contributed by atoms with van der Waals surface area (Å²) < 4.78 is 0. The van der Waals surface area contributed by atoms with Crippen molar-refractivity contribution >= 4 is 11.6 Å². The molecule has 3 aliphatic carbocycles. The molecule has 3 fully saturated rings. The summed E-state index contributed by atoms with van der Waals surface area (Å²) in [4.78, 5) is 12.4. The third-order valence-corrected chi connectivity index (χ3v) is 5.95. The molecule has 0 saturated heterocycles. The molecule has 5 unspecified atom stereocenters. The summed E-state index contributed by atoms with van der Waals surface area (Å²) in [5, 5.41) is 3.26. The van der Waals surface area contributed by atoms with E-state index in [9.17, 15) is 4.79 Å². The lowest BCUT2D eigenvalue weighted by atomic mass is 9.79. The number of fused-ring (bicyclic) bond motifs is 5. The molecule has 5 atom stereocenters. The summed E-state index contributed by atoms with van der Waals surface area (Å²) in [5.41, 5.74) is 7.10. The summed E-state index contributed by atoms with van der Waals surface area (Å²) in [7, 11) is 0. The first-order chi connectivity index (χ1) is 9.74. The van der Waals surface area contributed by atoms with Crippen molar-refractivity contribution in [3.05, 3.63) is 29.8 Å². The second-order valence-electron chi connectivity index (χ2n) is 6.82. The van der Waals surface area contributed by atoms with Crippen LogP contribution >= 0.6 is 0 Å². The van der Waals surface area contributed by atoms with Crippen molar-refractivity contribution < 1.29 is 4.79 Å². The zero-order valence-corrected chi connectivity index (χ0v) is 11.7. The van der Waals surface area contributed by atoms with Crippen molar-refractivity contribution in [1.29, 1.82) is 0 Å². The van der Waals surface area contributed by atoms with Crippen LogP contribution in [0.1, 0.15) is 42.5 Å². The highest BCUT2D eigenvalue weighted by atomic mass is 16.1. The molecule has 0 spiro atoms. The van der Waals surface area contributed by atoms with Gasteiger partial charge in [0, 0.05) is 11.7 Å². The lowest BCUT2D eigenvalue weighted by molar-refractivity contribution is 0.0902. The van der Waals surface area contributed by atoms with Crippen LogP contribution in [0.4, 0.5) is 5.69 Å². The fourth-order valence-corrected chi connectivity index (χ4v) is 5.18. The van der Waals surface area contributed by atoms with Crippen molar-refractivity contribution in [3.8, 4) is 0 Å². The molecule has 0 radical (unpaired) electrons.